The fourth-order valence-corrected chi connectivity index (χ4v) is 9.46. The van der Waals surface area contributed by atoms with Crippen LogP contribution in [0.4, 0.5) is 10.5 Å². The van der Waals surface area contributed by atoms with Gasteiger partial charge in [0.25, 0.3) is 0 Å². The average molecular weight is 847 g/mol. The molecule has 15 heteroatoms. The number of hydrogen-bond acceptors (Lipinski definition) is 12. The van der Waals surface area contributed by atoms with Gasteiger partial charge in [-0.15, -0.1) is 5.10 Å². The number of nitrogens with zero attached hydrogens (tertiary/aromatic N) is 5. The number of para-hydroxylation sites is 1. The van der Waals surface area contributed by atoms with Crippen LogP contribution < -0.4 is 15.4 Å². The topological polar surface area (TPSA) is 189 Å². The number of anilines is 1. The Morgan fingerprint density at radius 2 is 1.57 bits per heavy atom. The molecular formula is C48H42N6O9. The summed E-state index contributed by atoms with van der Waals surface area (Å²) < 4.78 is 24.7. The zero-order chi connectivity index (χ0) is 43.7. The Kier molecular flexibility index (Phi) is 11.2. The molecule has 1 spiro atoms. The number of aromatic nitrogens is 3. The molecule has 5 aromatic carbocycles. The maximum absolute atomic E-state index is 16.0. The molecule has 0 saturated carbocycles. The summed E-state index contributed by atoms with van der Waals surface area (Å²) in [6.45, 7) is -0.242. The van der Waals surface area contributed by atoms with Gasteiger partial charge >= 0.3 is 12.1 Å². The molecule has 15 nitrogen and oxygen atoms in total. The molecule has 0 unspecified atom stereocenters. The van der Waals surface area contributed by atoms with Crippen molar-refractivity contribution in [1.29, 1.82) is 0 Å². The Hall–Kier alpha value is -7.38. The van der Waals surface area contributed by atoms with Crippen molar-refractivity contribution in [2.45, 2.75) is 36.2 Å². The van der Waals surface area contributed by atoms with Gasteiger partial charge in [0.05, 0.1) is 42.4 Å². The van der Waals surface area contributed by atoms with E-state index in [1.807, 2.05) is 89.8 Å². The number of cyclic esters (lactones) is 1. The highest BCUT2D eigenvalue weighted by molar-refractivity contribution is 6.23. The predicted octanol–water partition coefficient (Wildman–Crippen LogP) is 4.79. The number of esters is 1. The van der Waals surface area contributed by atoms with E-state index in [9.17, 15) is 19.5 Å². The number of aliphatic hydroxyl groups excluding tert-OH is 1. The molecule has 6 aromatic rings. The summed E-state index contributed by atoms with van der Waals surface area (Å²) in [4.78, 5) is 62.3. The highest BCUT2D eigenvalue weighted by Crippen LogP contribution is 2.66. The molecule has 3 aliphatic rings. The van der Waals surface area contributed by atoms with Crippen molar-refractivity contribution in [3.05, 3.63) is 155 Å². The number of amides is 3. The van der Waals surface area contributed by atoms with Crippen LogP contribution in [0.3, 0.4) is 0 Å². The summed E-state index contributed by atoms with van der Waals surface area (Å²) in [5.41, 5.74) is 8.57. The van der Waals surface area contributed by atoms with Crippen molar-refractivity contribution in [2.75, 3.05) is 38.4 Å². The lowest BCUT2D eigenvalue weighted by Crippen LogP contribution is -2.55. The first-order chi connectivity index (χ1) is 30.8. The molecule has 6 atom stereocenters. The third-order valence-corrected chi connectivity index (χ3v) is 11.9. The van der Waals surface area contributed by atoms with Crippen LogP contribution in [-0.4, -0.2) is 88.5 Å². The van der Waals surface area contributed by atoms with Crippen LogP contribution in [0.2, 0.25) is 0 Å². The average Bonchev–Trinajstić information content (AvgIpc) is 3.95. The van der Waals surface area contributed by atoms with E-state index in [2.05, 4.69) is 22.2 Å². The zero-order valence-corrected chi connectivity index (χ0v) is 34.1. The lowest BCUT2D eigenvalue weighted by atomic mass is 9.65. The minimum atomic E-state index is -2.07. The van der Waals surface area contributed by atoms with Crippen LogP contribution in [-0.2, 0) is 40.6 Å². The molecule has 3 aliphatic heterocycles. The van der Waals surface area contributed by atoms with Gasteiger partial charge in [-0.3, -0.25) is 19.3 Å². The van der Waals surface area contributed by atoms with Gasteiger partial charge in [-0.2, -0.15) is 0 Å². The van der Waals surface area contributed by atoms with E-state index in [0.29, 0.717) is 28.0 Å². The summed E-state index contributed by atoms with van der Waals surface area (Å²) in [5.74, 6) is 2.51. The Morgan fingerprint density at radius 1 is 0.841 bits per heavy atom. The lowest BCUT2D eigenvalue weighted by Gasteiger charge is -2.46. The number of morpholine rings is 1. The second-order valence-corrected chi connectivity index (χ2v) is 15.3. The zero-order valence-electron chi connectivity index (χ0n) is 34.1. The maximum atomic E-state index is 16.0. The molecule has 63 heavy (non-hydrogen) atoms. The second-order valence-electron chi connectivity index (χ2n) is 15.3. The number of nitrogens with two attached hydrogens (primary N) is 1. The highest BCUT2D eigenvalue weighted by atomic mass is 16.6. The molecule has 318 valence electrons. The number of hydrogen-bond donors (Lipinski definition) is 2. The van der Waals surface area contributed by atoms with Crippen molar-refractivity contribution in [3.8, 4) is 17.6 Å². The predicted molar refractivity (Wildman–Crippen MR) is 228 cm³/mol. The van der Waals surface area contributed by atoms with Crippen LogP contribution in [0.15, 0.2) is 127 Å². The Bertz CT molecular complexity index is 2770. The summed E-state index contributed by atoms with van der Waals surface area (Å²) in [6.07, 6.45) is -1.93. The number of imide groups is 1. The summed E-state index contributed by atoms with van der Waals surface area (Å²) in [7, 11) is 1.45. The molecule has 1 aromatic heterocycles. The van der Waals surface area contributed by atoms with E-state index in [4.69, 9.17) is 24.7 Å². The third kappa shape index (κ3) is 7.04. The minimum Gasteiger partial charge on any atom is -0.491 e. The SMILES string of the molecule is COCCOC(=O)N1C(=O)[C@@]2(c3cc(C#CCn4nnc5ccccc54)ccc31)[C@H](C(N)=O)[C@H]1C(=O)O[C@H](c3ccccc3)[C@H](c3ccccc3)N1[C@@H]2c1cccc(OCCO)c1. The summed E-state index contributed by atoms with van der Waals surface area (Å²) in [5, 5.41) is 18.2. The van der Waals surface area contributed by atoms with Crippen LogP contribution in [0, 0.1) is 17.8 Å². The monoisotopic (exact) mass is 846 g/mol. The molecule has 9 rings (SSSR count). The van der Waals surface area contributed by atoms with Gasteiger partial charge < -0.3 is 29.8 Å². The maximum Gasteiger partial charge on any atom is 0.421 e. The number of fused-ring (bicyclic) bond motifs is 4. The van der Waals surface area contributed by atoms with Crippen molar-refractivity contribution in [3.63, 3.8) is 0 Å². The Balaban J connectivity index is 1.30. The van der Waals surface area contributed by atoms with Gasteiger partial charge in [-0.25, -0.2) is 14.4 Å². The molecule has 3 N–H and O–H groups in total. The molecule has 4 heterocycles. The number of methoxy groups -OCH3 is 1. The highest BCUT2D eigenvalue weighted by Gasteiger charge is 2.75. The van der Waals surface area contributed by atoms with Gasteiger partial charge in [0.15, 0.2) is 0 Å². The van der Waals surface area contributed by atoms with Gasteiger partial charge in [0.1, 0.15) is 48.6 Å². The van der Waals surface area contributed by atoms with Gasteiger partial charge in [-0.1, -0.05) is 102 Å². The Morgan fingerprint density at radius 3 is 2.32 bits per heavy atom. The quantitative estimate of drug-likeness (QED) is 0.103. The van der Waals surface area contributed by atoms with Crippen LogP contribution in [0.1, 0.15) is 46.0 Å². The van der Waals surface area contributed by atoms with Crippen LogP contribution >= 0.6 is 0 Å². The molecule has 3 amide bonds. The van der Waals surface area contributed by atoms with Gasteiger partial charge in [-0.05, 0) is 64.7 Å². The van der Waals surface area contributed by atoms with Gasteiger partial charge in [0, 0.05) is 12.7 Å². The molecule has 0 bridgehead atoms. The fraction of sp³-hybridized carbons (Fsp3) is 0.250. The van der Waals surface area contributed by atoms with E-state index < -0.39 is 59.4 Å². The van der Waals surface area contributed by atoms with Crippen molar-refractivity contribution in [1.82, 2.24) is 19.9 Å². The number of primary amides is 1. The first kappa shape index (κ1) is 41.0. The van der Waals surface area contributed by atoms with E-state index in [-0.39, 0.29) is 44.2 Å². The number of rotatable bonds is 11. The molecule has 2 fully saturated rings. The van der Waals surface area contributed by atoms with E-state index in [1.165, 1.54) is 7.11 Å². The first-order valence-electron chi connectivity index (χ1n) is 20.4. The molecule has 2 saturated heterocycles. The number of ether oxygens (including phenoxy) is 4. The normalized spacial score (nSPS) is 22.6. The van der Waals surface area contributed by atoms with E-state index in [0.717, 1.165) is 16.0 Å². The van der Waals surface area contributed by atoms with Crippen LogP contribution in [0.25, 0.3) is 11.0 Å². The summed E-state index contributed by atoms with van der Waals surface area (Å²) >= 11 is 0. The largest absolute Gasteiger partial charge is 0.491 e. The summed E-state index contributed by atoms with van der Waals surface area (Å²) in [6, 6.07) is 34.5. The van der Waals surface area contributed by atoms with Crippen molar-refractivity contribution in [2.24, 2.45) is 11.7 Å². The smallest absolute Gasteiger partial charge is 0.421 e. The van der Waals surface area contributed by atoms with Crippen LogP contribution in [0.5, 0.6) is 5.75 Å². The number of carbonyl (C=O) groups excluding carboxylic acids is 4. The molecule has 0 radical (unpaired) electrons. The standard InChI is InChI=1S/C48H42N6O9/c1-60-26-27-62-47(59)53-37-22-21-30(12-11-23-52-38-20-9-8-19-36(38)50-51-52)28-35(37)48(46(53)58)39(44(49)56)41-45(57)63-42(32-15-6-3-7-16-32)40(31-13-4-2-5-14-31)54(41)43(48)33-17-10-18-34(29-33)61-25-24-55/h2-10,13-22,28-29,39-43,55H,23-27H2,1H3,(H2,49,56)/t39-,40-,41-,42+,43+,48-/m0/s1. The van der Waals surface area contributed by atoms with Gasteiger partial charge in [0.2, 0.25) is 11.8 Å². The minimum absolute atomic E-state index is 0.0279. The molecule has 0 aliphatic carbocycles. The van der Waals surface area contributed by atoms with Crippen molar-refractivity contribution < 1.29 is 43.2 Å². The lowest BCUT2D eigenvalue weighted by molar-refractivity contribution is -0.178. The van der Waals surface area contributed by atoms with Crippen molar-refractivity contribution >= 4 is 40.6 Å². The van der Waals surface area contributed by atoms with E-state index in [1.54, 1.807) is 47.1 Å². The number of carbonyl (C=O) groups is 4. The third-order valence-electron chi connectivity index (χ3n) is 11.9. The fourth-order valence-electron chi connectivity index (χ4n) is 9.46. The molecular weight excluding hydrogens is 805 g/mol. The number of aliphatic hydroxyl groups is 1. The number of benzene rings is 5. The Labute approximate surface area is 361 Å². The van der Waals surface area contributed by atoms with E-state index >= 15 is 4.79 Å². The second kappa shape index (κ2) is 17.2. The first-order valence-corrected chi connectivity index (χ1v) is 20.4.